The predicted octanol–water partition coefficient (Wildman–Crippen LogP) is -0.498. The average molecular weight is 252 g/mol. The summed E-state index contributed by atoms with van der Waals surface area (Å²) in [5.41, 5.74) is 0.0246. The fraction of sp³-hybridized carbons (Fsp3) is 0.417. The van der Waals surface area contributed by atoms with Gasteiger partial charge in [0.05, 0.1) is 17.7 Å². The molecule has 0 saturated carbocycles. The molecule has 1 amide bonds. The number of aromatic hydroxyl groups is 2. The second-order valence-corrected chi connectivity index (χ2v) is 4.38. The number of phenols is 2. The van der Waals surface area contributed by atoms with Crippen LogP contribution in [0.3, 0.4) is 0 Å². The molecule has 6 heteroatoms. The van der Waals surface area contributed by atoms with E-state index in [1.165, 1.54) is 23.1 Å². The van der Waals surface area contributed by atoms with Crippen LogP contribution in [0.15, 0.2) is 18.2 Å². The Bertz CT molecular complexity index is 463. The first-order chi connectivity index (χ1) is 8.52. The number of nitrogens with one attached hydrogen (secondary N) is 1. The lowest BCUT2D eigenvalue weighted by molar-refractivity contribution is 0.0578. The summed E-state index contributed by atoms with van der Waals surface area (Å²) in [6.07, 6.45) is -0.626. The van der Waals surface area contributed by atoms with Crippen LogP contribution >= 0.6 is 0 Å². The molecular formula is C12H16N2O4. The van der Waals surface area contributed by atoms with Gasteiger partial charge in [-0.25, -0.2) is 0 Å². The molecule has 4 N–H and O–H groups in total. The maximum atomic E-state index is 12.2. The van der Waals surface area contributed by atoms with Crippen molar-refractivity contribution in [2.75, 3.05) is 20.1 Å². The Kier molecular flexibility index (Phi) is 3.40. The zero-order valence-electron chi connectivity index (χ0n) is 10.00. The van der Waals surface area contributed by atoms with Crippen molar-refractivity contribution in [2.24, 2.45) is 0 Å². The molecule has 2 rings (SSSR count). The molecule has 1 aromatic carbocycles. The number of hydrogen-bond donors (Lipinski definition) is 4. The third-order valence-corrected chi connectivity index (χ3v) is 3.21. The van der Waals surface area contributed by atoms with Crippen molar-refractivity contribution in [1.29, 1.82) is 0 Å². The van der Waals surface area contributed by atoms with Crippen LogP contribution in [0.2, 0.25) is 0 Å². The smallest absolute Gasteiger partial charge is 0.257 e. The molecule has 0 aromatic heterocycles. The monoisotopic (exact) mass is 252 g/mol. The van der Waals surface area contributed by atoms with Crippen LogP contribution in [0, 0.1) is 0 Å². The summed E-state index contributed by atoms with van der Waals surface area (Å²) in [6.45, 7) is 0.942. The van der Waals surface area contributed by atoms with Crippen molar-refractivity contribution < 1.29 is 20.1 Å². The normalized spacial score (nSPS) is 23.0. The Morgan fingerprint density at radius 2 is 2.11 bits per heavy atom. The van der Waals surface area contributed by atoms with Gasteiger partial charge in [-0.1, -0.05) is 6.07 Å². The number of hydrogen-bond acceptors (Lipinski definition) is 5. The first kappa shape index (κ1) is 12.7. The lowest BCUT2D eigenvalue weighted by atomic mass is 10.1. The standard InChI is InChI=1S/C12H16N2O4/c1-14(8-5-13-6-10(8)16)12(18)7-3-2-4-9(15)11(7)17/h2-4,8,10,13,15-17H,5-6H2,1H3/t8-,10-/m1/s1. The van der Waals surface area contributed by atoms with Gasteiger partial charge in [0.1, 0.15) is 0 Å². The Balaban J connectivity index is 2.23. The van der Waals surface area contributed by atoms with Crippen molar-refractivity contribution in [3.05, 3.63) is 23.8 Å². The average Bonchev–Trinajstić information content (AvgIpc) is 2.77. The Morgan fingerprint density at radius 1 is 1.39 bits per heavy atom. The van der Waals surface area contributed by atoms with Gasteiger partial charge in [0.2, 0.25) is 0 Å². The van der Waals surface area contributed by atoms with E-state index in [-0.39, 0.29) is 17.4 Å². The number of aliphatic hydroxyl groups excluding tert-OH is 1. The molecular weight excluding hydrogens is 236 g/mol. The number of benzene rings is 1. The van der Waals surface area contributed by atoms with Crippen molar-refractivity contribution >= 4 is 5.91 Å². The van der Waals surface area contributed by atoms with Crippen LogP contribution in [0.4, 0.5) is 0 Å². The molecule has 2 atom stereocenters. The summed E-state index contributed by atoms with van der Waals surface area (Å²) >= 11 is 0. The van der Waals surface area contributed by atoms with Crippen LogP contribution < -0.4 is 5.32 Å². The first-order valence-corrected chi connectivity index (χ1v) is 5.69. The van der Waals surface area contributed by atoms with E-state index in [1.54, 1.807) is 7.05 Å². The summed E-state index contributed by atoms with van der Waals surface area (Å²) in [4.78, 5) is 13.5. The SMILES string of the molecule is CN(C(=O)c1cccc(O)c1O)[C@@H]1CNC[C@H]1O. The highest BCUT2D eigenvalue weighted by Crippen LogP contribution is 2.29. The molecule has 1 aliphatic heterocycles. The van der Waals surface area contributed by atoms with E-state index in [2.05, 4.69) is 5.32 Å². The van der Waals surface area contributed by atoms with E-state index in [0.29, 0.717) is 13.1 Å². The highest BCUT2D eigenvalue weighted by molar-refractivity contribution is 5.97. The molecule has 0 aliphatic carbocycles. The second kappa shape index (κ2) is 4.83. The minimum atomic E-state index is -0.626. The van der Waals surface area contributed by atoms with Crippen molar-refractivity contribution in [3.8, 4) is 11.5 Å². The lowest BCUT2D eigenvalue weighted by Crippen LogP contribution is -2.44. The zero-order chi connectivity index (χ0) is 13.3. The molecule has 0 bridgehead atoms. The molecule has 1 saturated heterocycles. The molecule has 6 nitrogen and oxygen atoms in total. The second-order valence-electron chi connectivity index (χ2n) is 4.38. The van der Waals surface area contributed by atoms with E-state index in [9.17, 15) is 20.1 Å². The molecule has 98 valence electrons. The van der Waals surface area contributed by atoms with E-state index in [1.807, 2.05) is 0 Å². The topological polar surface area (TPSA) is 93.0 Å². The largest absolute Gasteiger partial charge is 0.504 e. The number of aliphatic hydroxyl groups is 1. The molecule has 1 heterocycles. The van der Waals surface area contributed by atoms with Crippen LogP contribution in [0.25, 0.3) is 0 Å². The third-order valence-electron chi connectivity index (χ3n) is 3.21. The summed E-state index contributed by atoms with van der Waals surface area (Å²) in [5, 5.41) is 31.7. The molecule has 1 aliphatic rings. The van der Waals surface area contributed by atoms with Crippen molar-refractivity contribution in [2.45, 2.75) is 12.1 Å². The van der Waals surface area contributed by atoms with Crippen molar-refractivity contribution in [1.82, 2.24) is 10.2 Å². The minimum absolute atomic E-state index is 0.0246. The van der Waals surface area contributed by atoms with Gasteiger partial charge in [-0.2, -0.15) is 0 Å². The van der Waals surface area contributed by atoms with Crippen LogP contribution in [-0.4, -0.2) is 58.4 Å². The van der Waals surface area contributed by atoms with Gasteiger partial charge in [-0.15, -0.1) is 0 Å². The van der Waals surface area contributed by atoms with Gasteiger partial charge in [-0.3, -0.25) is 4.79 Å². The summed E-state index contributed by atoms with van der Waals surface area (Å²) in [5.74, 6) is -1.20. The lowest BCUT2D eigenvalue weighted by Gasteiger charge is -2.26. The number of carbonyl (C=O) groups is 1. The number of rotatable bonds is 2. The van der Waals surface area contributed by atoms with Gasteiger partial charge in [-0.05, 0) is 12.1 Å². The zero-order valence-corrected chi connectivity index (χ0v) is 10.00. The Labute approximate surface area is 104 Å². The molecule has 0 unspecified atom stereocenters. The number of amides is 1. The number of β-amino-alcohol motifs (C(OH)–C–C–N with tert-alkyl or cyclic N) is 1. The van der Waals surface area contributed by atoms with Gasteiger partial charge in [0.25, 0.3) is 5.91 Å². The molecule has 1 aromatic rings. The van der Waals surface area contributed by atoms with Gasteiger partial charge >= 0.3 is 0 Å². The third kappa shape index (κ3) is 2.12. The van der Waals surface area contributed by atoms with Crippen LogP contribution in [0.1, 0.15) is 10.4 Å². The highest BCUT2D eigenvalue weighted by Gasteiger charge is 2.32. The number of nitrogens with zero attached hydrogens (tertiary/aromatic N) is 1. The highest BCUT2D eigenvalue weighted by atomic mass is 16.3. The van der Waals surface area contributed by atoms with E-state index >= 15 is 0 Å². The van der Waals surface area contributed by atoms with E-state index in [0.717, 1.165) is 0 Å². The van der Waals surface area contributed by atoms with Gasteiger partial charge in [0.15, 0.2) is 11.5 Å². The number of likely N-dealkylation sites (N-methyl/N-ethyl adjacent to an activating group) is 1. The minimum Gasteiger partial charge on any atom is -0.504 e. The maximum absolute atomic E-state index is 12.2. The summed E-state index contributed by atoms with van der Waals surface area (Å²) < 4.78 is 0. The molecule has 0 spiro atoms. The van der Waals surface area contributed by atoms with Crippen LogP contribution in [-0.2, 0) is 0 Å². The molecule has 0 radical (unpaired) electrons. The number of phenolic OH excluding ortho intramolecular Hbond substituents is 2. The fourth-order valence-corrected chi connectivity index (χ4v) is 2.09. The quantitative estimate of drug-likeness (QED) is 0.533. The van der Waals surface area contributed by atoms with E-state index < -0.39 is 17.8 Å². The summed E-state index contributed by atoms with van der Waals surface area (Å²) in [6, 6.07) is 3.89. The Morgan fingerprint density at radius 3 is 2.72 bits per heavy atom. The fourth-order valence-electron chi connectivity index (χ4n) is 2.09. The van der Waals surface area contributed by atoms with Gasteiger partial charge < -0.3 is 25.5 Å². The Hall–Kier alpha value is -1.79. The van der Waals surface area contributed by atoms with Crippen molar-refractivity contribution in [3.63, 3.8) is 0 Å². The predicted molar refractivity (Wildman–Crippen MR) is 64.5 cm³/mol. The van der Waals surface area contributed by atoms with Crippen LogP contribution in [0.5, 0.6) is 11.5 Å². The number of carbonyl (C=O) groups excluding carboxylic acids is 1. The molecule has 18 heavy (non-hydrogen) atoms. The van der Waals surface area contributed by atoms with Gasteiger partial charge in [0, 0.05) is 20.1 Å². The van der Waals surface area contributed by atoms with E-state index in [4.69, 9.17) is 0 Å². The number of para-hydroxylation sites is 1. The summed E-state index contributed by atoms with van der Waals surface area (Å²) in [7, 11) is 1.56. The first-order valence-electron chi connectivity index (χ1n) is 5.69. The maximum Gasteiger partial charge on any atom is 0.257 e. The molecule has 1 fully saturated rings.